The van der Waals surface area contributed by atoms with Crippen molar-refractivity contribution in [3.05, 3.63) is 0 Å². The smallest absolute Gasteiger partial charge is 0.193 e. The largest absolute Gasteiger partial charge is 0.384 e. The van der Waals surface area contributed by atoms with E-state index in [0.717, 1.165) is 38.1 Å². The first-order valence-electron chi connectivity index (χ1n) is 8.82. The molecule has 0 aromatic rings. The van der Waals surface area contributed by atoms with E-state index in [1.807, 2.05) is 7.05 Å². The van der Waals surface area contributed by atoms with Gasteiger partial charge in [-0.15, -0.1) is 24.0 Å². The van der Waals surface area contributed by atoms with E-state index in [1.54, 1.807) is 7.11 Å². The molecule has 2 rings (SSSR count). The highest BCUT2D eigenvalue weighted by molar-refractivity contribution is 14.0. The Bertz CT molecular complexity index is 367. The summed E-state index contributed by atoms with van der Waals surface area (Å²) in [5.41, 5.74) is 0. The molecular weight excluding hydrogens is 403 g/mol. The number of halogens is 1. The molecule has 23 heavy (non-hydrogen) atoms. The Labute approximate surface area is 159 Å². The molecule has 0 spiro atoms. The molecule has 0 bridgehead atoms. The second-order valence-corrected chi connectivity index (χ2v) is 7.08. The van der Waals surface area contributed by atoms with Gasteiger partial charge >= 0.3 is 0 Å². The number of likely N-dealkylation sites (tertiary alicyclic amines) is 2. The van der Waals surface area contributed by atoms with Gasteiger partial charge in [0.2, 0.25) is 0 Å². The van der Waals surface area contributed by atoms with Gasteiger partial charge in [-0.25, -0.2) is 0 Å². The third-order valence-corrected chi connectivity index (χ3v) is 5.07. The maximum absolute atomic E-state index is 5.28. The van der Waals surface area contributed by atoms with E-state index in [1.165, 1.54) is 32.4 Å². The van der Waals surface area contributed by atoms with Crippen LogP contribution in [0, 0.1) is 11.8 Å². The second kappa shape index (κ2) is 10.7. The molecule has 2 heterocycles. The molecule has 0 radical (unpaired) electrons. The Kier molecular flexibility index (Phi) is 9.77. The molecule has 5 nitrogen and oxygen atoms in total. The van der Waals surface area contributed by atoms with E-state index in [9.17, 15) is 0 Å². The van der Waals surface area contributed by atoms with E-state index in [0.29, 0.717) is 12.0 Å². The summed E-state index contributed by atoms with van der Waals surface area (Å²) in [5.74, 6) is 2.53. The minimum absolute atomic E-state index is 0. The first-order chi connectivity index (χ1) is 10.6. The summed E-state index contributed by atoms with van der Waals surface area (Å²) in [5, 5.41) is 3.58. The van der Waals surface area contributed by atoms with Crippen molar-refractivity contribution in [2.75, 3.05) is 53.5 Å². The fraction of sp³-hybridized carbons (Fsp3) is 0.941. The molecule has 0 aliphatic carbocycles. The molecule has 2 saturated heterocycles. The number of guanidine groups is 1. The quantitative estimate of drug-likeness (QED) is 0.406. The van der Waals surface area contributed by atoms with Gasteiger partial charge < -0.3 is 15.0 Å². The van der Waals surface area contributed by atoms with Gasteiger partial charge in [0.05, 0.1) is 6.61 Å². The normalized spacial score (nSPS) is 27.7. The first-order valence-corrected chi connectivity index (χ1v) is 8.82. The van der Waals surface area contributed by atoms with Crippen LogP contribution >= 0.6 is 24.0 Å². The van der Waals surface area contributed by atoms with E-state index >= 15 is 0 Å². The van der Waals surface area contributed by atoms with Crippen LogP contribution in [-0.2, 0) is 4.74 Å². The predicted molar refractivity (Wildman–Crippen MR) is 108 cm³/mol. The number of nitrogens with one attached hydrogen (secondary N) is 1. The molecule has 0 amide bonds. The summed E-state index contributed by atoms with van der Waals surface area (Å²) in [7, 11) is 3.68. The van der Waals surface area contributed by atoms with Crippen LogP contribution in [0.1, 0.15) is 33.1 Å². The predicted octanol–water partition coefficient (Wildman–Crippen LogP) is 2.27. The van der Waals surface area contributed by atoms with Gasteiger partial charge in [-0.2, -0.15) is 0 Å². The zero-order chi connectivity index (χ0) is 15.9. The molecule has 0 saturated carbocycles. The Hall–Kier alpha value is -0.0800. The molecule has 3 atom stereocenters. The van der Waals surface area contributed by atoms with Crippen LogP contribution < -0.4 is 5.32 Å². The van der Waals surface area contributed by atoms with Crippen LogP contribution in [0.5, 0.6) is 0 Å². The summed E-state index contributed by atoms with van der Waals surface area (Å²) < 4.78 is 5.28. The van der Waals surface area contributed by atoms with Crippen LogP contribution in [0.15, 0.2) is 4.99 Å². The topological polar surface area (TPSA) is 40.1 Å². The average molecular weight is 438 g/mol. The minimum Gasteiger partial charge on any atom is -0.384 e. The summed E-state index contributed by atoms with van der Waals surface area (Å²) in [4.78, 5) is 9.46. The van der Waals surface area contributed by atoms with Gasteiger partial charge in [-0.05, 0) is 38.6 Å². The summed E-state index contributed by atoms with van der Waals surface area (Å²) in [6.07, 6.45) is 3.92. The minimum atomic E-state index is 0. The number of piperidine rings is 1. The van der Waals surface area contributed by atoms with Gasteiger partial charge in [0.1, 0.15) is 0 Å². The highest BCUT2D eigenvalue weighted by Gasteiger charge is 2.26. The fourth-order valence-corrected chi connectivity index (χ4v) is 3.72. The molecule has 1 N–H and O–H groups in total. The van der Waals surface area contributed by atoms with E-state index < -0.39 is 0 Å². The van der Waals surface area contributed by atoms with Gasteiger partial charge in [0, 0.05) is 52.3 Å². The van der Waals surface area contributed by atoms with Crippen LogP contribution in [0.25, 0.3) is 0 Å². The van der Waals surface area contributed by atoms with Crippen molar-refractivity contribution >= 4 is 29.9 Å². The molecular formula is C17H35IN4O. The number of hydrogen-bond donors (Lipinski definition) is 1. The molecule has 2 fully saturated rings. The third-order valence-electron chi connectivity index (χ3n) is 5.07. The molecule has 2 aliphatic rings. The SMILES string of the molecule is CN=C(NCC(C)N1CCCC(C)C1)N1CCC(COC)C1.I. The summed E-state index contributed by atoms with van der Waals surface area (Å²) >= 11 is 0. The van der Waals surface area contributed by atoms with Crippen molar-refractivity contribution in [3.8, 4) is 0 Å². The second-order valence-electron chi connectivity index (χ2n) is 7.08. The van der Waals surface area contributed by atoms with Crippen LogP contribution in [-0.4, -0.2) is 75.3 Å². The zero-order valence-corrected chi connectivity index (χ0v) is 17.6. The van der Waals surface area contributed by atoms with Crippen molar-refractivity contribution in [2.24, 2.45) is 16.8 Å². The van der Waals surface area contributed by atoms with Crippen molar-refractivity contribution in [3.63, 3.8) is 0 Å². The van der Waals surface area contributed by atoms with E-state index in [-0.39, 0.29) is 24.0 Å². The Morgan fingerprint density at radius 3 is 2.74 bits per heavy atom. The highest BCUT2D eigenvalue weighted by Crippen LogP contribution is 2.18. The lowest BCUT2D eigenvalue weighted by molar-refractivity contribution is 0.139. The molecule has 3 unspecified atom stereocenters. The van der Waals surface area contributed by atoms with Gasteiger partial charge in [-0.1, -0.05) is 6.92 Å². The zero-order valence-electron chi connectivity index (χ0n) is 15.3. The molecule has 2 aliphatic heterocycles. The highest BCUT2D eigenvalue weighted by atomic mass is 127. The Morgan fingerprint density at radius 2 is 2.09 bits per heavy atom. The maximum Gasteiger partial charge on any atom is 0.193 e. The van der Waals surface area contributed by atoms with E-state index in [4.69, 9.17) is 4.74 Å². The number of ether oxygens (including phenoxy) is 1. The van der Waals surface area contributed by atoms with Crippen molar-refractivity contribution in [1.29, 1.82) is 0 Å². The molecule has 0 aromatic carbocycles. The van der Waals surface area contributed by atoms with Crippen LogP contribution in [0.2, 0.25) is 0 Å². The molecule has 136 valence electrons. The monoisotopic (exact) mass is 438 g/mol. The first kappa shape index (κ1) is 21.0. The molecule has 0 aromatic heterocycles. The number of aliphatic imine (C=N–C) groups is 1. The lowest BCUT2D eigenvalue weighted by atomic mass is 9.99. The lowest BCUT2D eigenvalue weighted by Crippen LogP contribution is -2.49. The summed E-state index contributed by atoms with van der Waals surface area (Å²) in [6.45, 7) is 11.2. The van der Waals surface area contributed by atoms with Crippen LogP contribution in [0.4, 0.5) is 0 Å². The number of rotatable bonds is 5. The summed E-state index contributed by atoms with van der Waals surface area (Å²) in [6, 6.07) is 0.567. The Morgan fingerprint density at radius 1 is 1.30 bits per heavy atom. The Balaban J connectivity index is 0.00000264. The number of nitrogens with zero attached hydrogens (tertiary/aromatic N) is 3. The lowest BCUT2D eigenvalue weighted by Gasteiger charge is -2.36. The van der Waals surface area contributed by atoms with Crippen LogP contribution in [0.3, 0.4) is 0 Å². The maximum atomic E-state index is 5.28. The number of methoxy groups -OCH3 is 1. The third kappa shape index (κ3) is 6.38. The molecule has 6 heteroatoms. The van der Waals surface area contributed by atoms with E-state index in [2.05, 4.69) is 34.0 Å². The standard InChI is InChI=1S/C17H34N4O.HI/c1-14-6-5-8-20(11-14)15(2)10-19-17(18-3)21-9-7-16(12-21)13-22-4;/h14-16H,5-13H2,1-4H3,(H,18,19);1H. The fourth-order valence-electron chi connectivity index (χ4n) is 3.72. The number of hydrogen-bond acceptors (Lipinski definition) is 3. The van der Waals surface area contributed by atoms with Crippen molar-refractivity contribution in [1.82, 2.24) is 15.1 Å². The van der Waals surface area contributed by atoms with Gasteiger partial charge in [0.15, 0.2) is 5.96 Å². The average Bonchev–Trinajstić information content (AvgIpc) is 2.96. The van der Waals surface area contributed by atoms with Gasteiger partial charge in [0.25, 0.3) is 0 Å². The van der Waals surface area contributed by atoms with Gasteiger partial charge in [-0.3, -0.25) is 9.89 Å². The van der Waals surface area contributed by atoms with Crippen molar-refractivity contribution < 1.29 is 4.74 Å². The van der Waals surface area contributed by atoms with Crippen molar-refractivity contribution in [2.45, 2.75) is 39.2 Å².